The third kappa shape index (κ3) is 5.94. The van der Waals surface area contributed by atoms with Crippen molar-refractivity contribution in [2.45, 2.75) is 46.2 Å². The maximum absolute atomic E-state index is 12.8. The van der Waals surface area contributed by atoms with Gasteiger partial charge in [0.05, 0.1) is 6.61 Å². The van der Waals surface area contributed by atoms with E-state index in [0.717, 1.165) is 35.1 Å². The largest absolute Gasteiger partial charge is 0.480 e. The molecule has 0 bridgehead atoms. The van der Waals surface area contributed by atoms with E-state index in [-0.39, 0.29) is 19.1 Å². The zero-order valence-corrected chi connectivity index (χ0v) is 19.1. The van der Waals surface area contributed by atoms with Crippen molar-refractivity contribution in [3.05, 3.63) is 54.1 Å². The van der Waals surface area contributed by atoms with Crippen molar-refractivity contribution < 1.29 is 19.4 Å². The summed E-state index contributed by atoms with van der Waals surface area (Å²) in [6.45, 7) is 5.96. The van der Waals surface area contributed by atoms with Crippen molar-refractivity contribution in [3.63, 3.8) is 0 Å². The number of ether oxygens (including phenoxy) is 1. The SMILES string of the molecule is CCCCOC(=O)N(Cc1ccc(-c2ccccc2-c2nnn[nH]2)cc1)C(C(=O)O)C(C)C. The van der Waals surface area contributed by atoms with Gasteiger partial charge in [0.15, 0.2) is 5.82 Å². The molecule has 0 spiro atoms. The number of tetrazole rings is 1. The second-order valence-corrected chi connectivity index (χ2v) is 8.12. The van der Waals surface area contributed by atoms with Gasteiger partial charge in [-0.05, 0) is 39.5 Å². The molecule has 2 N–H and O–H groups in total. The van der Waals surface area contributed by atoms with Crippen LogP contribution in [0.1, 0.15) is 39.2 Å². The van der Waals surface area contributed by atoms with Gasteiger partial charge in [0.2, 0.25) is 0 Å². The zero-order chi connectivity index (χ0) is 23.8. The van der Waals surface area contributed by atoms with Crippen LogP contribution in [0.2, 0.25) is 0 Å². The first kappa shape index (κ1) is 23.9. The van der Waals surface area contributed by atoms with Crippen LogP contribution in [-0.2, 0) is 16.1 Å². The summed E-state index contributed by atoms with van der Waals surface area (Å²) in [6.07, 6.45) is 0.998. The number of amides is 1. The standard InChI is InChI=1S/C24H29N5O4/c1-4-5-14-33-24(32)29(21(16(2)3)23(30)31)15-17-10-12-18(13-11-17)19-8-6-7-9-20(19)22-25-27-28-26-22/h6-13,16,21H,4-5,14-15H2,1-3H3,(H,30,31)(H,25,26,27,28). The fraction of sp³-hybridized carbons (Fsp3) is 0.375. The van der Waals surface area contributed by atoms with Gasteiger partial charge in [0, 0.05) is 12.1 Å². The van der Waals surface area contributed by atoms with Crippen LogP contribution in [0, 0.1) is 5.92 Å². The minimum Gasteiger partial charge on any atom is -0.480 e. The Balaban J connectivity index is 1.85. The van der Waals surface area contributed by atoms with Gasteiger partial charge in [-0.3, -0.25) is 4.90 Å². The molecule has 1 amide bonds. The van der Waals surface area contributed by atoms with Crippen molar-refractivity contribution in [1.82, 2.24) is 25.5 Å². The second kappa shape index (κ2) is 11.2. The van der Waals surface area contributed by atoms with E-state index in [9.17, 15) is 14.7 Å². The number of carboxylic acid groups (broad SMARTS) is 1. The van der Waals surface area contributed by atoms with Crippen LogP contribution in [0.3, 0.4) is 0 Å². The molecule has 33 heavy (non-hydrogen) atoms. The van der Waals surface area contributed by atoms with Gasteiger partial charge in [-0.25, -0.2) is 14.7 Å². The van der Waals surface area contributed by atoms with Crippen LogP contribution in [0.4, 0.5) is 4.79 Å². The van der Waals surface area contributed by atoms with Gasteiger partial charge >= 0.3 is 12.1 Å². The van der Waals surface area contributed by atoms with Crippen molar-refractivity contribution in [1.29, 1.82) is 0 Å². The number of hydrogen-bond donors (Lipinski definition) is 2. The first-order valence-electron chi connectivity index (χ1n) is 11.0. The van der Waals surface area contributed by atoms with E-state index in [4.69, 9.17) is 4.74 Å². The number of carbonyl (C=O) groups excluding carboxylic acids is 1. The Morgan fingerprint density at radius 1 is 1.09 bits per heavy atom. The normalized spacial score (nSPS) is 11.9. The lowest BCUT2D eigenvalue weighted by atomic mass is 9.97. The molecular formula is C24H29N5O4. The minimum absolute atomic E-state index is 0.133. The fourth-order valence-electron chi connectivity index (χ4n) is 3.64. The molecule has 1 aromatic heterocycles. The van der Waals surface area contributed by atoms with E-state index in [2.05, 4.69) is 20.6 Å². The first-order valence-corrected chi connectivity index (χ1v) is 11.0. The summed E-state index contributed by atoms with van der Waals surface area (Å²) in [7, 11) is 0. The van der Waals surface area contributed by atoms with Gasteiger partial charge < -0.3 is 9.84 Å². The molecule has 0 radical (unpaired) electrons. The van der Waals surface area contributed by atoms with Gasteiger partial charge in [0.1, 0.15) is 6.04 Å². The predicted octanol–water partition coefficient (Wildman–Crippen LogP) is 4.38. The highest BCUT2D eigenvalue weighted by Gasteiger charge is 2.33. The first-order chi connectivity index (χ1) is 15.9. The molecule has 0 aliphatic carbocycles. The Bertz CT molecular complexity index is 1050. The molecule has 9 nitrogen and oxygen atoms in total. The van der Waals surface area contributed by atoms with Crippen molar-refractivity contribution in [2.24, 2.45) is 5.92 Å². The molecule has 2 aromatic carbocycles. The third-order valence-corrected chi connectivity index (χ3v) is 5.32. The highest BCUT2D eigenvalue weighted by atomic mass is 16.6. The Morgan fingerprint density at radius 3 is 2.36 bits per heavy atom. The van der Waals surface area contributed by atoms with Crippen LogP contribution < -0.4 is 0 Å². The number of H-pyrrole nitrogens is 1. The quantitative estimate of drug-likeness (QED) is 0.439. The monoisotopic (exact) mass is 451 g/mol. The number of nitrogens with zero attached hydrogens (tertiary/aromatic N) is 4. The number of nitrogens with one attached hydrogen (secondary N) is 1. The minimum atomic E-state index is -1.05. The average molecular weight is 452 g/mol. The smallest absolute Gasteiger partial charge is 0.410 e. The van der Waals surface area contributed by atoms with Gasteiger partial charge in [0.25, 0.3) is 0 Å². The lowest BCUT2D eigenvalue weighted by Gasteiger charge is -2.30. The molecular weight excluding hydrogens is 422 g/mol. The topological polar surface area (TPSA) is 121 Å². The molecule has 3 rings (SSSR count). The number of carbonyl (C=O) groups is 2. The van der Waals surface area contributed by atoms with Crippen molar-refractivity contribution in [3.8, 4) is 22.5 Å². The molecule has 174 valence electrons. The molecule has 1 unspecified atom stereocenters. The number of unbranched alkanes of at least 4 members (excludes halogenated alkanes) is 1. The highest BCUT2D eigenvalue weighted by molar-refractivity contribution is 5.81. The average Bonchev–Trinajstić information content (AvgIpc) is 3.33. The Kier molecular flexibility index (Phi) is 8.12. The number of rotatable bonds is 10. The Morgan fingerprint density at radius 2 is 1.79 bits per heavy atom. The van der Waals surface area contributed by atoms with Crippen LogP contribution >= 0.6 is 0 Å². The van der Waals surface area contributed by atoms with E-state index in [1.807, 2.05) is 55.5 Å². The lowest BCUT2D eigenvalue weighted by Crippen LogP contribution is -2.47. The highest BCUT2D eigenvalue weighted by Crippen LogP contribution is 2.30. The maximum Gasteiger partial charge on any atom is 0.410 e. The molecule has 3 aromatic rings. The van der Waals surface area contributed by atoms with E-state index < -0.39 is 18.1 Å². The number of carboxylic acids is 1. The number of aliphatic carboxylic acids is 1. The predicted molar refractivity (Wildman–Crippen MR) is 123 cm³/mol. The molecule has 0 saturated heterocycles. The molecule has 9 heteroatoms. The maximum atomic E-state index is 12.8. The van der Waals surface area contributed by atoms with Gasteiger partial charge in [-0.1, -0.05) is 75.7 Å². The molecule has 1 atom stereocenters. The van der Waals surface area contributed by atoms with Gasteiger partial charge in [-0.15, -0.1) is 5.10 Å². The number of hydrogen-bond acceptors (Lipinski definition) is 6. The molecule has 0 aliphatic rings. The Labute approximate surface area is 192 Å². The van der Waals surface area contributed by atoms with Crippen LogP contribution in [0.15, 0.2) is 48.5 Å². The van der Waals surface area contributed by atoms with Gasteiger partial charge in [-0.2, -0.15) is 0 Å². The van der Waals surface area contributed by atoms with Crippen molar-refractivity contribution in [2.75, 3.05) is 6.61 Å². The van der Waals surface area contributed by atoms with E-state index in [1.54, 1.807) is 13.8 Å². The molecule has 0 saturated carbocycles. The van der Waals surface area contributed by atoms with Crippen LogP contribution in [-0.4, -0.2) is 55.3 Å². The summed E-state index contributed by atoms with van der Waals surface area (Å²) < 4.78 is 5.35. The van der Waals surface area contributed by atoms with E-state index >= 15 is 0 Å². The molecule has 0 aliphatic heterocycles. The molecule has 1 heterocycles. The van der Waals surface area contributed by atoms with Crippen LogP contribution in [0.5, 0.6) is 0 Å². The second-order valence-electron chi connectivity index (χ2n) is 8.12. The molecule has 0 fully saturated rings. The number of aromatic amines is 1. The summed E-state index contributed by atoms with van der Waals surface area (Å²) >= 11 is 0. The summed E-state index contributed by atoms with van der Waals surface area (Å²) in [6, 6.07) is 14.4. The summed E-state index contributed by atoms with van der Waals surface area (Å²) in [5.74, 6) is -0.761. The number of aromatic nitrogens is 4. The van der Waals surface area contributed by atoms with Crippen molar-refractivity contribution >= 4 is 12.1 Å². The lowest BCUT2D eigenvalue weighted by molar-refractivity contribution is -0.144. The summed E-state index contributed by atoms with van der Waals surface area (Å²) in [5, 5.41) is 23.8. The summed E-state index contributed by atoms with van der Waals surface area (Å²) in [5.41, 5.74) is 3.56. The van der Waals surface area contributed by atoms with E-state index in [0.29, 0.717) is 5.82 Å². The fourth-order valence-corrected chi connectivity index (χ4v) is 3.64. The van der Waals surface area contributed by atoms with E-state index in [1.165, 1.54) is 4.90 Å². The summed E-state index contributed by atoms with van der Waals surface area (Å²) in [4.78, 5) is 26.0. The van der Waals surface area contributed by atoms with Crippen LogP contribution in [0.25, 0.3) is 22.5 Å². The Hall–Kier alpha value is -3.75. The number of benzene rings is 2. The zero-order valence-electron chi connectivity index (χ0n) is 19.1. The third-order valence-electron chi connectivity index (χ3n) is 5.32.